The maximum atomic E-state index is 13.9. The predicted octanol–water partition coefficient (Wildman–Crippen LogP) is 1.92. The number of hydrogen-bond donors (Lipinski definition) is 1. The van der Waals surface area contributed by atoms with Crippen molar-refractivity contribution in [2.24, 2.45) is 0 Å². The van der Waals surface area contributed by atoms with Gasteiger partial charge in [-0.3, -0.25) is 10.1 Å². The van der Waals surface area contributed by atoms with E-state index in [1.807, 2.05) is 7.05 Å². The number of nitrogens with zero attached hydrogens (tertiary/aromatic N) is 2. The Bertz CT molecular complexity index is 453. The van der Waals surface area contributed by atoms with Gasteiger partial charge in [-0.05, 0) is 26.0 Å². The third kappa shape index (κ3) is 2.43. The van der Waals surface area contributed by atoms with E-state index in [0.717, 1.165) is 12.8 Å². The van der Waals surface area contributed by atoms with E-state index in [1.54, 1.807) is 4.90 Å². The molecule has 1 unspecified atom stereocenters. The van der Waals surface area contributed by atoms with Gasteiger partial charge in [0.1, 0.15) is 0 Å². The van der Waals surface area contributed by atoms with Crippen molar-refractivity contribution < 1.29 is 9.31 Å². The van der Waals surface area contributed by atoms with E-state index in [-0.39, 0.29) is 17.4 Å². The summed E-state index contributed by atoms with van der Waals surface area (Å²) in [4.78, 5) is 12.2. The standard InChI is InChI=1S/C12H16FN3O2/c1-14-9-4-3-7-15(8-9)12-10(13)5-2-6-11(12)16(17)18/h2,5-6,9,14H,3-4,7-8H2,1H3. The van der Waals surface area contributed by atoms with Crippen LogP contribution in [-0.2, 0) is 0 Å². The van der Waals surface area contributed by atoms with Crippen molar-refractivity contribution in [2.45, 2.75) is 18.9 Å². The first kappa shape index (κ1) is 12.8. The molecule has 1 aromatic rings. The number of nitro benzene ring substituents is 1. The second kappa shape index (κ2) is 5.30. The molecular formula is C12H16FN3O2. The molecule has 18 heavy (non-hydrogen) atoms. The van der Waals surface area contributed by atoms with Crippen molar-refractivity contribution in [3.63, 3.8) is 0 Å². The number of anilines is 1. The molecular weight excluding hydrogens is 237 g/mol. The minimum absolute atomic E-state index is 0.113. The lowest BCUT2D eigenvalue weighted by molar-refractivity contribution is -0.384. The van der Waals surface area contributed by atoms with Crippen molar-refractivity contribution in [3.8, 4) is 0 Å². The van der Waals surface area contributed by atoms with Gasteiger partial charge < -0.3 is 10.2 Å². The fourth-order valence-electron chi connectivity index (χ4n) is 2.38. The lowest BCUT2D eigenvalue weighted by Crippen LogP contribution is -2.44. The lowest BCUT2D eigenvalue weighted by atomic mass is 10.0. The van der Waals surface area contributed by atoms with Gasteiger partial charge in [-0.15, -0.1) is 0 Å². The molecule has 1 heterocycles. The summed E-state index contributed by atoms with van der Waals surface area (Å²) in [5, 5.41) is 14.1. The fourth-order valence-corrected chi connectivity index (χ4v) is 2.38. The van der Waals surface area contributed by atoms with Crippen LogP contribution in [0, 0.1) is 15.9 Å². The average molecular weight is 253 g/mol. The summed E-state index contributed by atoms with van der Waals surface area (Å²) in [5.41, 5.74) is -0.0470. The van der Waals surface area contributed by atoms with Crippen LogP contribution >= 0.6 is 0 Å². The highest BCUT2D eigenvalue weighted by Crippen LogP contribution is 2.32. The number of piperidine rings is 1. The number of nitrogens with one attached hydrogen (secondary N) is 1. The Hall–Kier alpha value is -1.69. The number of nitro groups is 1. The molecule has 0 spiro atoms. The van der Waals surface area contributed by atoms with E-state index in [0.29, 0.717) is 13.1 Å². The zero-order chi connectivity index (χ0) is 13.1. The smallest absolute Gasteiger partial charge is 0.295 e. The van der Waals surface area contributed by atoms with E-state index >= 15 is 0 Å². The summed E-state index contributed by atoms with van der Waals surface area (Å²) in [6.07, 6.45) is 1.91. The minimum atomic E-state index is -0.527. The van der Waals surface area contributed by atoms with Crippen molar-refractivity contribution in [3.05, 3.63) is 34.1 Å². The zero-order valence-electron chi connectivity index (χ0n) is 10.2. The van der Waals surface area contributed by atoms with Crippen molar-refractivity contribution in [1.82, 2.24) is 5.32 Å². The van der Waals surface area contributed by atoms with E-state index in [4.69, 9.17) is 0 Å². The summed E-state index contributed by atoms with van der Waals surface area (Å²) >= 11 is 0. The van der Waals surface area contributed by atoms with E-state index in [1.165, 1.54) is 18.2 Å². The van der Waals surface area contributed by atoms with Gasteiger partial charge in [0.05, 0.1) is 4.92 Å². The Morgan fingerprint density at radius 3 is 3.00 bits per heavy atom. The molecule has 0 bridgehead atoms. The van der Waals surface area contributed by atoms with Gasteiger partial charge in [-0.25, -0.2) is 4.39 Å². The Kier molecular flexibility index (Phi) is 3.76. The van der Waals surface area contributed by atoms with E-state index in [2.05, 4.69) is 5.32 Å². The molecule has 1 fully saturated rings. The number of rotatable bonds is 3. The molecule has 5 nitrogen and oxygen atoms in total. The van der Waals surface area contributed by atoms with Gasteiger partial charge in [-0.1, -0.05) is 6.07 Å². The number of benzene rings is 1. The molecule has 1 saturated heterocycles. The maximum Gasteiger partial charge on any atom is 0.295 e. The number of para-hydroxylation sites is 1. The Balaban J connectivity index is 2.34. The van der Waals surface area contributed by atoms with Gasteiger partial charge in [0, 0.05) is 25.2 Å². The van der Waals surface area contributed by atoms with Crippen LogP contribution in [0.5, 0.6) is 0 Å². The quantitative estimate of drug-likeness (QED) is 0.660. The van der Waals surface area contributed by atoms with Crippen molar-refractivity contribution in [2.75, 3.05) is 25.0 Å². The van der Waals surface area contributed by atoms with Crippen LogP contribution in [0.3, 0.4) is 0 Å². The molecule has 1 aliphatic rings. The van der Waals surface area contributed by atoms with Crippen molar-refractivity contribution >= 4 is 11.4 Å². The summed E-state index contributed by atoms with van der Waals surface area (Å²) in [6, 6.07) is 4.24. The van der Waals surface area contributed by atoms with Crippen LogP contribution in [0.1, 0.15) is 12.8 Å². The van der Waals surface area contributed by atoms with Crippen LogP contribution in [0.25, 0.3) is 0 Å². The molecule has 6 heteroatoms. The van der Waals surface area contributed by atoms with Crippen LogP contribution < -0.4 is 10.2 Å². The van der Waals surface area contributed by atoms with Gasteiger partial charge in [0.2, 0.25) is 0 Å². The van der Waals surface area contributed by atoms with Gasteiger partial charge in [0.25, 0.3) is 5.69 Å². The SMILES string of the molecule is CNC1CCCN(c2c(F)cccc2[N+](=O)[O-])C1. The van der Waals surface area contributed by atoms with Crippen molar-refractivity contribution in [1.29, 1.82) is 0 Å². The maximum absolute atomic E-state index is 13.9. The molecule has 0 radical (unpaired) electrons. The van der Waals surface area contributed by atoms with E-state index in [9.17, 15) is 14.5 Å². The average Bonchev–Trinajstić information content (AvgIpc) is 2.38. The molecule has 0 aliphatic carbocycles. The predicted molar refractivity (Wildman–Crippen MR) is 67.3 cm³/mol. The second-order valence-electron chi connectivity index (χ2n) is 4.44. The molecule has 0 saturated carbocycles. The molecule has 1 N–H and O–H groups in total. The Morgan fingerprint density at radius 1 is 1.56 bits per heavy atom. The summed E-state index contributed by atoms with van der Waals surface area (Å²) in [6.45, 7) is 1.25. The van der Waals surface area contributed by atoms with E-state index < -0.39 is 10.7 Å². The molecule has 0 aromatic heterocycles. The highest BCUT2D eigenvalue weighted by atomic mass is 19.1. The zero-order valence-corrected chi connectivity index (χ0v) is 10.2. The fraction of sp³-hybridized carbons (Fsp3) is 0.500. The highest BCUT2D eigenvalue weighted by molar-refractivity contribution is 5.64. The molecule has 98 valence electrons. The number of likely N-dealkylation sites (N-methyl/N-ethyl adjacent to an activating group) is 1. The molecule has 0 amide bonds. The van der Waals surface area contributed by atoms with Crippen LogP contribution in [-0.4, -0.2) is 31.1 Å². The summed E-state index contributed by atoms with van der Waals surface area (Å²) in [5.74, 6) is -0.527. The Morgan fingerprint density at radius 2 is 2.33 bits per heavy atom. The van der Waals surface area contributed by atoms with Crippen LogP contribution in [0.4, 0.5) is 15.8 Å². The van der Waals surface area contributed by atoms with Crippen LogP contribution in [0.15, 0.2) is 18.2 Å². The third-order valence-electron chi connectivity index (χ3n) is 3.31. The summed E-state index contributed by atoms with van der Waals surface area (Å²) < 4.78 is 13.9. The first-order valence-electron chi connectivity index (χ1n) is 5.98. The molecule has 1 aromatic carbocycles. The highest BCUT2D eigenvalue weighted by Gasteiger charge is 2.27. The first-order valence-corrected chi connectivity index (χ1v) is 5.98. The topological polar surface area (TPSA) is 58.4 Å². The normalized spacial score (nSPS) is 19.9. The largest absolute Gasteiger partial charge is 0.362 e. The number of halogens is 1. The first-order chi connectivity index (χ1) is 8.63. The Labute approximate surface area is 105 Å². The van der Waals surface area contributed by atoms with Gasteiger partial charge in [-0.2, -0.15) is 0 Å². The van der Waals surface area contributed by atoms with Gasteiger partial charge >= 0.3 is 0 Å². The second-order valence-corrected chi connectivity index (χ2v) is 4.44. The lowest BCUT2D eigenvalue weighted by Gasteiger charge is -2.33. The van der Waals surface area contributed by atoms with Gasteiger partial charge in [0.15, 0.2) is 11.5 Å². The summed E-state index contributed by atoms with van der Waals surface area (Å²) in [7, 11) is 1.85. The monoisotopic (exact) mass is 253 g/mol. The minimum Gasteiger partial charge on any atom is -0.362 e. The number of hydrogen-bond acceptors (Lipinski definition) is 4. The molecule has 1 aliphatic heterocycles. The van der Waals surface area contributed by atoms with Crippen LogP contribution in [0.2, 0.25) is 0 Å². The third-order valence-corrected chi connectivity index (χ3v) is 3.31. The molecule has 2 rings (SSSR count). The molecule has 1 atom stereocenters.